The molecule has 4 heteroatoms. The SMILES string of the molecule is c1ccn2cc3cnnc-3nc2c1. The van der Waals surface area contributed by atoms with E-state index in [9.17, 15) is 0 Å². The first kappa shape index (κ1) is 6.54. The van der Waals surface area contributed by atoms with Gasteiger partial charge in [0.2, 0.25) is 0 Å². The molecule has 1 aromatic rings. The molecule has 0 aliphatic carbocycles. The zero-order chi connectivity index (χ0) is 8.67. The largest absolute Gasteiger partial charge is 0.308 e. The van der Waals surface area contributed by atoms with E-state index in [1.807, 2.05) is 35.0 Å². The number of hydrogen-bond acceptors (Lipinski definition) is 3. The maximum absolute atomic E-state index is 4.33. The van der Waals surface area contributed by atoms with Gasteiger partial charge in [-0.05, 0) is 12.1 Å². The number of pyridine rings is 1. The maximum Gasteiger partial charge on any atom is 0.186 e. The van der Waals surface area contributed by atoms with Gasteiger partial charge in [0.25, 0.3) is 0 Å². The monoisotopic (exact) mass is 170 g/mol. The lowest BCUT2D eigenvalue weighted by atomic mass is 10.3. The number of aromatic nitrogens is 4. The molecule has 1 aromatic heterocycles. The van der Waals surface area contributed by atoms with Crippen molar-refractivity contribution in [3.8, 4) is 11.4 Å². The molecule has 2 aliphatic rings. The predicted molar refractivity (Wildman–Crippen MR) is 47.4 cm³/mol. The molecule has 62 valence electrons. The molecule has 4 nitrogen and oxygen atoms in total. The normalized spacial score (nSPS) is 11.1. The van der Waals surface area contributed by atoms with E-state index in [1.165, 1.54) is 0 Å². The lowest BCUT2D eigenvalue weighted by molar-refractivity contribution is 1.04. The molecule has 0 saturated heterocycles. The third-order valence-corrected chi connectivity index (χ3v) is 1.97. The Hall–Kier alpha value is -1.97. The van der Waals surface area contributed by atoms with Crippen molar-refractivity contribution < 1.29 is 0 Å². The van der Waals surface area contributed by atoms with Crippen molar-refractivity contribution >= 4 is 5.65 Å². The fraction of sp³-hybridized carbons (Fsp3) is 0. The van der Waals surface area contributed by atoms with Crippen molar-refractivity contribution in [1.29, 1.82) is 0 Å². The molecule has 0 atom stereocenters. The smallest absolute Gasteiger partial charge is 0.186 e. The second-order valence-electron chi connectivity index (χ2n) is 2.83. The molecule has 13 heavy (non-hydrogen) atoms. The van der Waals surface area contributed by atoms with E-state index >= 15 is 0 Å². The van der Waals surface area contributed by atoms with Gasteiger partial charge in [0.05, 0.1) is 11.8 Å². The average Bonchev–Trinajstić information content (AvgIpc) is 2.61. The number of hydrogen-bond donors (Lipinski definition) is 0. The summed E-state index contributed by atoms with van der Waals surface area (Å²) in [5.41, 5.74) is 1.85. The van der Waals surface area contributed by atoms with Gasteiger partial charge in [-0.1, -0.05) is 6.07 Å². The van der Waals surface area contributed by atoms with Crippen molar-refractivity contribution in [3.05, 3.63) is 36.8 Å². The van der Waals surface area contributed by atoms with Crippen LogP contribution in [0.2, 0.25) is 0 Å². The summed E-state index contributed by atoms with van der Waals surface area (Å²) in [7, 11) is 0. The molecule has 0 radical (unpaired) electrons. The number of fused-ring (bicyclic) bond motifs is 2. The van der Waals surface area contributed by atoms with Crippen LogP contribution in [-0.2, 0) is 0 Å². The Morgan fingerprint density at radius 3 is 3.23 bits per heavy atom. The Bertz CT molecular complexity index is 482. The molecule has 3 rings (SSSR count). The van der Waals surface area contributed by atoms with Gasteiger partial charge in [0.1, 0.15) is 5.65 Å². The molecule has 0 amide bonds. The molecule has 3 heterocycles. The second-order valence-corrected chi connectivity index (χ2v) is 2.83. The minimum absolute atomic E-state index is 0.700. The predicted octanol–water partition coefficient (Wildman–Crippen LogP) is 1.23. The van der Waals surface area contributed by atoms with Crippen LogP contribution >= 0.6 is 0 Å². The highest BCUT2D eigenvalue weighted by molar-refractivity contribution is 5.58. The van der Waals surface area contributed by atoms with Gasteiger partial charge >= 0.3 is 0 Å². The molecular weight excluding hydrogens is 164 g/mol. The van der Waals surface area contributed by atoms with E-state index in [2.05, 4.69) is 15.2 Å². The van der Waals surface area contributed by atoms with Crippen LogP contribution in [0, 0.1) is 0 Å². The third-order valence-electron chi connectivity index (χ3n) is 1.97. The van der Waals surface area contributed by atoms with Crippen LogP contribution in [0.15, 0.2) is 36.8 Å². The van der Waals surface area contributed by atoms with Gasteiger partial charge in [0.15, 0.2) is 5.82 Å². The molecule has 0 aromatic carbocycles. The van der Waals surface area contributed by atoms with E-state index in [1.54, 1.807) is 6.20 Å². The summed E-state index contributed by atoms with van der Waals surface area (Å²) in [5, 5.41) is 7.69. The van der Waals surface area contributed by atoms with Gasteiger partial charge in [-0.3, -0.25) is 0 Å². The minimum Gasteiger partial charge on any atom is -0.308 e. The summed E-state index contributed by atoms with van der Waals surface area (Å²) < 4.78 is 1.95. The molecule has 0 bridgehead atoms. The quantitative estimate of drug-likeness (QED) is 0.509. The van der Waals surface area contributed by atoms with Crippen LogP contribution in [-0.4, -0.2) is 19.6 Å². The van der Waals surface area contributed by atoms with Crippen LogP contribution in [0.5, 0.6) is 0 Å². The highest BCUT2D eigenvalue weighted by atomic mass is 15.2. The molecular formula is C9H6N4. The van der Waals surface area contributed by atoms with Gasteiger partial charge in [0, 0.05) is 12.4 Å². The van der Waals surface area contributed by atoms with Crippen molar-refractivity contribution in [1.82, 2.24) is 19.6 Å². The fourth-order valence-corrected chi connectivity index (χ4v) is 1.35. The zero-order valence-corrected chi connectivity index (χ0v) is 6.75. The number of rotatable bonds is 0. The van der Waals surface area contributed by atoms with Gasteiger partial charge in [-0.2, -0.15) is 5.10 Å². The van der Waals surface area contributed by atoms with Crippen LogP contribution in [0.3, 0.4) is 0 Å². The lowest BCUT2D eigenvalue weighted by Gasteiger charge is -2.01. The molecule has 0 N–H and O–H groups in total. The molecule has 0 unspecified atom stereocenters. The van der Waals surface area contributed by atoms with Gasteiger partial charge in [-0.15, -0.1) is 5.10 Å². The lowest BCUT2D eigenvalue weighted by Crippen LogP contribution is -1.93. The fourth-order valence-electron chi connectivity index (χ4n) is 1.35. The first-order chi connectivity index (χ1) is 6.43. The van der Waals surface area contributed by atoms with Crippen LogP contribution in [0.25, 0.3) is 17.0 Å². The van der Waals surface area contributed by atoms with Crippen LogP contribution < -0.4 is 0 Å². The summed E-state index contributed by atoms with van der Waals surface area (Å²) in [6.45, 7) is 0. The highest BCUT2D eigenvalue weighted by Crippen LogP contribution is 2.15. The topological polar surface area (TPSA) is 43.1 Å². The summed E-state index contributed by atoms with van der Waals surface area (Å²) in [6, 6.07) is 5.85. The van der Waals surface area contributed by atoms with E-state index in [-0.39, 0.29) is 0 Å². The van der Waals surface area contributed by atoms with Crippen molar-refractivity contribution in [2.45, 2.75) is 0 Å². The first-order valence-corrected chi connectivity index (χ1v) is 3.99. The maximum atomic E-state index is 4.33. The Morgan fingerprint density at radius 1 is 1.23 bits per heavy atom. The summed E-state index contributed by atoms with van der Waals surface area (Å²) in [6.07, 6.45) is 5.63. The van der Waals surface area contributed by atoms with E-state index in [0.717, 1.165) is 11.2 Å². The Kier molecular flexibility index (Phi) is 1.14. The first-order valence-electron chi connectivity index (χ1n) is 3.99. The van der Waals surface area contributed by atoms with Crippen LogP contribution in [0.1, 0.15) is 0 Å². The standard InChI is InChI=1S/C9H6N4/c1-2-4-13-6-7-5-10-12-9(7)11-8(13)3-1/h1-6H. The third kappa shape index (κ3) is 0.885. The van der Waals surface area contributed by atoms with Crippen molar-refractivity contribution in [3.63, 3.8) is 0 Å². The molecule has 2 aliphatic heterocycles. The number of nitrogens with zero attached hydrogens (tertiary/aromatic N) is 4. The minimum atomic E-state index is 0.700. The van der Waals surface area contributed by atoms with E-state index in [4.69, 9.17) is 0 Å². The van der Waals surface area contributed by atoms with E-state index in [0.29, 0.717) is 5.82 Å². The Labute approximate surface area is 74.2 Å². The Morgan fingerprint density at radius 2 is 2.23 bits per heavy atom. The summed E-state index contributed by atoms with van der Waals surface area (Å²) in [4.78, 5) is 4.33. The molecule has 0 fully saturated rings. The molecule has 0 spiro atoms. The molecule has 0 saturated carbocycles. The van der Waals surface area contributed by atoms with Crippen molar-refractivity contribution in [2.75, 3.05) is 0 Å². The van der Waals surface area contributed by atoms with Gasteiger partial charge in [-0.25, -0.2) is 4.98 Å². The Balaban J connectivity index is 2.52. The van der Waals surface area contributed by atoms with Gasteiger partial charge < -0.3 is 4.40 Å². The van der Waals surface area contributed by atoms with Crippen LogP contribution in [0.4, 0.5) is 0 Å². The highest BCUT2D eigenvalue weighted by Gasteiger charge is 2.06. The summed E-state index contributed by atoms with van der Waals surface area (Å²) >= 11 is 0. The zero-order valence-electron chi connectivity index (χ0n) is 6.75. The average molecular weight is 170 g/mol. The van der Waals surface area contributed by atoms with E-state index < -0.39 is 0 Å². The summed E-state index contributed by atoms with van der Waals surface area (Å²) in [5.74, 6) is 0.700. The van der Waals surface area contributed by atoms with Crippen molar-refractivity contribution in [2.24, 2.45) is 0 Å². The second kappa shape index (κ2) is 2.26.